The number of rotatable bonds is 6. The molecule has 1 aliphatic carbocycles. The Morgan fingerprint density at radius 3 is 2.84 bits per heavy atom. The van der Waals surface area contributed by atoms with Gasteiger partial charge in [-0.3, -0.25) is 4.79 Å². The van der Waals surface area contributed by atoms with Crippen LogP contribution in [0.25, 0.3) is 0 Å². The van der Waals surface area contributed by atoms with Crippen molar-refractivity contribution in [2.75, 3.05) is 32.5 Å². The maximum atomic E-state index is 12.0. The third-order valence-corrected chi connectivity index (χ3v) is 3.94. The van der Waals surface area contributed by atoms with Gasteiger partial charge < -0.3 is 10.2 Å². The van der Waals surface area contributed by atoms with E-state index in [0.29, 0.717) is 18.2 Å². The second-order valence-corrected chi connectivity index (χ2v) is 5.94. The molecule has 1 aliphatic rings. The molecule has 1 fully saturated rings. The molecule has 1 N–H and O–H groups in total. The first-order valence-corrected chi connectivity index (χ1v) is 7.01. The summed E-state index contributed by atoms with van der Waals surface area (Å²) in [7, 11) is 3.92. The number of anilines is 1. The molecule has 2 unspecified atom stereocenters. The number of nitrogens with one attached hydrogen (secondary N) is 1. The largest absolute Gasteiger partial charge is 0.382 e. The molecule has 6 heteroatoms. The van der Waals surface area contributed by atoms with Gasteiger partial charge in [0.1, 0.15) is 5.02 Å². The molecule has 19 heavy (non-hydrogen) atoms. The van der Waals surface area contributed by atoms with Crippen LogP contribution in [0.4, 0.5) is 5.69 Å². The summed E-state index contributed by atoms with van der Waals surface area (Å²) in [5.41, 5.74) is 0.421. The fourth-order valence-electron chi connectivity index (χ4n) is 1.97. The molecule has 0 bridgehead atoms. The SMILES string of the molecule is CC1CC1CNc1cnn(CCN(C)C)c(=O)c1Cl. The number of aromatic nitrogens is 2. The van der Waals surface area contributed by atoms with Crippen LogP contribution >= 0.6 is 11.6 Å². The third kappa shape index (κ3) is 3.70. The van der Waals surface area contributed by atoms with E-state index in [1.54, 1.807) is 6.20 Å². The monoisotopic (exact) mass is 284 g/mol. The predicted octanol–water partition coefficient (Wildman–Crippen LogP) is 1.53. The van der Waals surface area contributed by atoms with Crippen molar-refractivity contribution < 1.29 is 0 Å². The zero-order valence-electron chi connectivity index (χ0n) is 11.7. The Balaban J connectivity index is 2.01. The highest BCUT2D eigenvalue weighted by atomic mass is 35.5. The number of halogens is 1. The summed E-state index contributed by atoms with van der Waals surface area (Å²) in [5, 5.41) is 7.62. The lowest BCUT2D eigenvalue weighted by molar-refractivity contribution is 0.367. The first-order valence-electron chi connectivity index (χ1n) is 6.63. The van der Waals surface area contributed by atoms with Crippen LogP contribution in [0.5, 0.6) is 0 Å². The van der Waals surface area contributed by atoms with Crippen molar-refractivity contribution in [1.29, 1.82) is 0 Å². The minimum atomic E-state index is -0.225. The van der Waals surface area contributed by atoms with Crippen LogP contribution in [-0.2, 0) is 6.54 Å². The van der Waals surface area contributed by atoms with Gasteiger partial charge in [0.2, 0.25) is 0 Å². The number of nitrogens with zero attached hydrogens (tertiary/aromatic N) is 3. The van der Waals surface area contributed by atoms with Crippen LogP contribution in [-0.4, -0.2) is 41.9 Å². The Morgan fingerprint density at radius 2 is 2.26 bits per heavy atom. The molecule has 0 spiro atoms. The first-order chi connectivity index (χ1) is 8.99. The zero-order chi connectivity index (χ0) is 14.0. The third-order valence-electron chi connectivity index (χ3n) is 3.57. The van der Waals surface area contributed by atoms with Crippen molar-refractivity contribution in [3.63, 3.8) is 0 Å². The quantitative estimate of drug-likeness (QED) is 0.861. The molecular weight excluding hydrogens is 264 g/mol. The molecule has 1 aromatic rings. The summed E-state index contributed by atoms with van der Waals surface area (Å²) in [6.45, 7) is 4.40. The Bertz CT molecular complexity index is 500. The number of hydrogen-bond acceptors (Lipinski definition) is 4. The summed E-state index contributed by atoms with van der Waals surface area (Å²) in [5.74, 6) is 1.48. The number of hydrogen-bond donors (Lipinski definition) is 1. The molecule has 106 valence electrons. The van der Waals surface area contributed by atoms with Crippen molar-refractivity contribution in [3.8, 4) is 0 Å². The van der Waals surface area contributed by atoms with Crippen LogP contribution in [0.1, 0.15) is 13.3 Å². The molecule has 0 saturated heterocycles. The summed E-state index contributed by atoms with van der Waals surface area (Å²) in [6, 6.07) is 0. The van der Waals surface area contributed by atoms with E-state index in [1.165, 1.54) is 11.1 Å². The molecule has 1 heterocycles. The molecule has 0 amide bonds. The topological polar surface area (TPSA) is 50.2 Å². The lowest BCUT2D eigenvalue weighted by Gasteiger charge is -2.12. The van der Waals surface area contributed by atoms with Crippen molar-refractivity contribution in [1.82, 2.24) is 14.7 Å². The summed E-state index contributed by atoms with van der Waals surface area (Å²) < 4.78 is 1.41. The van der Waals surface area contributed by atoms with E-state index >= 15 is 0 Å². The van der Waals surface area contributed by atoms with Crippen LogP contribution < -0.4 is 10.9 Å². The molecule has 5 nitrogen and oxygen atoms in total. The summed E-state index contributed by atoms with van der Waals surface area (Å²) in [4.78, 5) is 14.0. The van der Waals surface area contributed by atoms with E-state index in [-0.39, 0.29) is 10.6 Å². The van der Waals surface area contributed by atoms with E-state index in [4.69, 9.17) is 11.6 Å². The second kappa shape index (κ2) is 5.92. The summed E-state index contributed by atoms with van der Waals surface area (Å²) >= 11 is 6.10. The molecule has 1 aromatic heterocycles. The van der Waals surface area contributed by atoms with Gasteiger partial charge in [-0.1, -0.05) is 18.5 Å². The van der Waals surface area contributed by atoms with Gasteiger partial charge in [0, 0.05) is 13.1 Å². The molecule has 0 radical (unpaired) electrons. The fraction of sp³-hybridized carbons (Fsp3) is 0.692. The van der Waals surface area contributed by atoms with Gasteiger partial charge in [0.15, 0.2) is 0 Å². The Hall–Kier alpha value is -1.07. The highest BCUT2D eigenvalue weighted by Gasteiger charge is 2.32. The van der Waals surface area contributed by atoms with E-state index < -0.39 is 0 Å². The van der Waals surface area contributed by atoms with E-state index in [0.717, 1.165) is 19.0 Å². The van der Waals surface area contributed by atoms with Crippen molar-refractivity contribution >= 4 is 17.3 Å². The molecule has 2 atom stereocenters. The van der Waals surface area contributed by atoms with Gasteiger partial charge in [-0.25, -0.2) is 4.68 Å². The van der Waals surface area contributed by atoms with Gasteiger partial charge in [-0.2, -0.15) is 5.10 Å². The van der Waals surface area contributed by atoms with Crippen molar-refractivity contribution in [3.05, 3.63) is 21.6 Å². The Labute approximate surface area is 118 Å². The maximum Gasteiger partial charge on any atom is 0.287 e. The zero-order valence-corrected chi connectivity index (χ0v) is 12.4. The molecular formula is C13H21ClN4O. The van der Waals surface area contributed by atoms with Crippen LogP contribution in [0.15, 0.2) is 11.0 Å². The average Bonchev–Trinajstić information content (AvgIpc) is 3.06. The summed E-state index contributed by atoms with van der Waals surface area (Å²) in [6.07, 6.45) is 2.89. The first kappa shape index (κ1) is 14.3. The Kier molecular flexibility index (Phi) is 4.47. The minimum Gasteiger partial charge on any atom is -0.382 e. The highest BCUT2D eigenvalue weighted by molar-refractivity contribution is 6.32. The highest BCUT2D eigenvalue weighted by Crippen LogP contribution is 2.37. The lowest BCUT2D eigenvalue weighted by Crippen LogP contribution is -2.29. The fourth-order valence-corrected chi connectivity index (χ4v) is 2.18. The lowest BCUT2D eigenvalue weighted by atomic mass is 10.3. The number of likely N-dealkylation sites (N-methyl/N-ethyl adjacent to an activating group) is 1. The maximum absolute atomic E-state index is 12.0. The van der Waals surface area contributed by atoms with Crippen LogP contribution in [0.2, 0.25) is 5.02 Å². The van der Waals surface area contributed by atoms with Gasteiger partial charge >= 0.3 is 0 Å². The van der Waals surface area contributed by atoms with Crippen molar-refractivity contribution in [2.45, 2.75) is 19.9 Å². The van der Waals surface area contributed by atoms with Gasteiger partial charge in [-0.05, 0) is 32.4 Å². The predicted molar refractivity (Wildman–Crippen MR) is 77.8 cm³/mol. The average molecular weight is 285 g/mol. The second-order valence-electron chi connectivity index (χ2n) is 5.56. The normalized spacial score (nSPS) is 21.7. The molecule has 2 rings (SSSR count). The van der Waals surface area contributed by atoms with Gasteiger partial charge in [0.05, 0.1) is 18.4 Å². The van der Waals surface area contributed by atoms with Gasteiger partial charge in [0.25, 0.3) is 5.56 Å². The molecule has 0 aromatic carbocycles. The van der Waals surface area contributed by atoms with Crippen LogP contribution in [0, 0.1) is 11.8 Å². The van der Waals surface area contributed by atoms with Gasteiger partial charge in [-0.15, -0.1) is 0 Å². The van der Waals surface area contributed by atoms with Crippen molar-refractivity contribution in [2.24, 2.45) is 11.8 Å². The van der Waals surface area contributed by atoms with E-state index in [1.807, 2.05) is 19.0 Å². The van der Waals surface area contributed by atoms with E-state index in [9.17, 15) is 4.79 Å². The van der Waals surface area contributed by atoms with E-state index in [2.05, 4.69) is 17.3 Å². The Morgan fingerprint density at radius 1 is 1.58 bits per heavy atom. The standard InChI is InChI=1S/C13H21ClN4O/c1-9-6-10(9)7-15-11-8-16-18(5-4-17(2)3)13(19)12(11)14/h8-10,15H,4-7H2,1-3H3. The minimum absolute atomic E-state index is 0.225. The van der Waals surface area contributed by atoms with Crippen LogP contribution in [0.3, 0.4) is 0 Å². The molecule has 1 saturated carbocycles. The molecule has 0 aliphatic heterocycles. The smallest absolute Gasteiger partial charge is 0.287 e.